The summed E-state index contributed by atoms with van der Waals surface area (Å²) in [7, 11) is 1.79. The lowest BCUT2D eigenvalue weighted by atomic mass is 10.2. The van der Waals surface area contributed by atoms with E-state index in [4.69, 9.17) is 0 Å². The highest BCUT2D eigenvalue weighted by Gasteiger charge is 2.08. The number of halogens is 1. The fourth-order valence-electron chi connectivity index (χ4n) is 1.73. The van der Waals surface area contributed by atoms with Crippen molar-refractivity contribution < 1.29 is 4.39 Å². The van der Waals surface area contributed by atoms with Gasteiger partial charge in [0.15, 0.2) is 11.2 Å². The Morgan fingerprint density at radius 2 is 1.89 bits per heavy atom. The van der Waals surface area contributed by atoms with E-state index < -0.39 is 0 Å². The summed E-state index contributed by atoms with van der Waals surface area (Å²) in [6.07, 6.45) is 4.83. The van der Waals surface area contributed by atoms with Crippen LogP contribution in [0, 0.1) is 5.82 Å². The summed E-state index contributed by atoms with van der Waals surface area (Å²) < 4.78 is 14.4. The van der Waals surface area contributed by atoms with E-state index in [1.807, 2.05) is 0 Å². The Morgan fingerprint density at radius 1 is 1.16 bits per heavy atom. The Labute approximate surface area is 108 Å². The van der Waals surface area contributed by atoms with Gasteiger partial charge in [-0.3, -0.25) is 0 Å². The third-order valence-corrected chi connectivity index (χ3v) is 2.65. The number of fused-ring (bicyclic) bond motifs is 1. The van der Waals surface area contributed by atoms with Crippen LogP contribution in [0.4, 0.5) is 10.2 Å². The standard InChI is InChI=1S/C13H10FN5/c1-19-13-11(15-6-7-16-13)12(18-19)17-8-9-2-4-10(14)5-3-9/h2-8H,1H3. The second kappa shape index (κ2) is 4.56. The SMILES string of the molecule is Cn1nc(N=Cc2ccc(F)cc2)c2nccnc21. The van der Waals surface area contributed by atoms with E-state index in [1.54, 1.807) is 42.5 Å². The van der Waals surface area contributed by atoms with Crippen molar-refractivity contribution in [1.29, 1.82) is 0 Å². The number of aryl methyl sites for hydroxylation is 1. The van der Waals surface area contributed by atoms with Gasteiger partial charge in [-0.2, -0.15) is 0 Å². The Morgan fingerprint density at radius 3 is 2.68 bits per heavy atom. The van der Waals surface area contributed by atoms with Crippen molar-refractivity contribution in [3.05, 3.63) is 48.0 Å². The molecule has 0 aliphatic rings. The van der Waals surface area contributed by atoms with Gasteiger partial charge in [-0.15, -0.1) is 5.10 Å². The van der Waals surface area contributed by atoms with E-state index in [9.17, 15) is 4.39 Å². The van der Waals surface area contributed by atoms with Crippen LogP contribution >= 0.6 is 0 Å². The van der Waals surface area contributed by atoms with Crippen molar-refractivity contribution in [2.75, 3.05) is 0 Å². The van der Waals surface area contributed by atoms with Gasteiger partial charge in [0.2, 0.25) is 5.82 Å². The maximum Gasteiger partial charge on any atom is 0.202 e. The molecule has 5 nitrogen and oxygen atoms in total. The van der Waals surface area contributed by atoms with Crippen LogP contribution in [-0.4, -0.2) is 26.0 Å². The lowest BCUT2D eigenvalue weighted by Crippen LogP contribution is -1.91. The first-order valence-corrected chi connectivity index (χ1v) is 5.67. The molecule has 1 aromatic carbocycles. The largest absolute Gasteiger partial charge is 0.247 e. The molecule has 0 aliphatic heterocycles. The van der Waals surface area contributed by atoms with Gasteiger partial charge < -0.3 is 0 Å². The smallest absolute Gasteiger partial charge is 0.202 e. The summed E-state index contributed by atoms with van der Waals surface area (Å²) in [5, 5.41) is 4.24. The topological polar surface area (TPSA) is 56.0 Å². The Balaban J connectivity index is 1.99. The molecule has 0 amide bonds. The molecule has 0 bridgehead atoms. The maximum atomic E-state index is 12.8. The first-order valence-electron chi connectivity index (χ1n) is 5.67. The number of rotatable bonds is 2. The van der Waals surface area contributed by atoms with Gasteiger partial charge in [0.1, 0.15) is 5.82 Å². The molecule has 0 unspecified atom stereocenters. The van der Waals surface area contributed by atoms with E-state index in [-0.39, 0.29) is 5.82 Å². The first-order chi connectivity index (χ1) is 9.24. The second-order valence-corrected chi connectivity index (χ2v) is 3.99. The van der Waals surface area contributed by atoms with Gasteiger partial charge >= 0.3 is 0 Å². The minimum atomic E-state index is -0.272. The third kappa shape index (κ3) is 2.20. The van der Waals surface area contributed by atoms with Crippen molar-refractivity contribution in [3.8, 4) is 0 Å². The van der Waals surface area contributed by atoms with E-state index in [0.717, 1.165) is 5.56 Å². The number of aliphatic imine (C=N–C) groups is 1. The maximum absolute atomic E-state index is 12.8. The summed E-state index contributed by atoms with van der Waals surface area (Å²) in [5.74, 6) is 0.223. The molecule has 0 saturated carbocycles. The molecule has 0 saturated heterocycles. The minimum absolute atomic E-state index is 0.272. The third-order valence-electron chi connectivity index (χ3n) is 2.65. The molecule has 3 rings (SSSR count). The predicted octanol–water partition coefficient (Wildman–Crippen LogP) is 2.25. The first kappa shape index (κ1) is 11.5. The van der Waals surface area contributed by atoms with Gasteiger partial charge in [-0.25, -0.2) is 24.0 Å². The molecule has 0 spiro atoms. The Hall–Kier alpha value is -2.63. The zero-order chi connectivity index (χ0) is 13.2. The second-order valence-electron chi connectivity index (χ2n) is 3.99. The summed E-state index contributed by atoms with van der Waals surface area (Å²) >= 11 is 0. The van der Waals surface area contributed by atoms with Crippen molar-refractivity contribution in [1.82, 2.24) is 19.7 Å². The van der Waals surface area contributed by atoms with Crippen LogP contribution in [0.3, 0.4) is 0 Å². The average molecular weight is 255 g/mol. The molecule has 2 heterocycles. The van der Waals surface area contributed by atoms with Crippen molar-refractivity contribution >= 4 is 23.2 Å². The summed E-state index contributed by atoms with van der Waals surface area (Å²) in [4.78, 5) is 12.7. The van der Waals surface area contributed by atoms with E-state index >= 15 is 0 Å². The Bertz CT molecular complexity index is 745. The zero-order valence-electron chi connectivity index (χ0n) is 10.2. The monoisotopic (exact) mass is 255 g/mol. The normalized spacial score (nSPS) is 11.5. The molecule has 6 heteroatoms. The van der Waals surface area contributed by atoms with E-state index in [2.05, 4.69) is 20.1 Å². The van der Waals surface area contributed by atoms with Gasteiger partial charge in [-0.1, -0.05) is 12.1 Å². The summed E-state index contributed by atoms with van der Waals surface area (Å²) in [6.45, 7) is 0. The van der Waals surface area contributed by atoms with Crippen LogP contribution in [0.15, 0.2) is 41.7 Å². The van der Waals surface area contributed by atoms with Crippen LogP contribution in [0.1, 0.15) is 5.56 Å². The molecule has 94 valence electrons. The molecule has 19 heavy (non-hydrogen) atoms. The predicted molar refractivity (Wildman–Crippen MR) is 70.0 cm³/mol. The van der Waals surface area contributed by atoms with E-state index in [1.165, 1.54) is 12.1 Å². The number of hydrogen-bond donors (Lipinski definition) is 0. The highest BCUT2D eigenvalue weighted by Crippen LogP contribution is 2.20. The van der Waals surface area contributed by atoms with Crippen molar-refractivity contribution in [3.63, 3.8) is 0 Å². The van der Waals surface area contributed by atoms with Crippen LogP contribution in [0.25, 0.3) is 11.2 Å². The molecule has 3 aromatic rings. The highest BCUT2D eigenvalue weighted by molar-refractivity contribution is 5.87. The number of aromatic nitrogens is 4. The van der Waals surface area contributed by atoms with Crippen LogP contribution in [0.5, 0.6) is 0 Å². The molecule has 2 aromatic heterocycles. The van der Waals surface area contributed by atoms with Crippen LogP contribution in [-0.2, 0) is 7.05 Å². The summed E-state index contributed by atoms with van der Waals surface area (Å²) in [5.41, 5.74) is 2.11. The molecule has 0 aliphatic carbocycles. The fourth-order valence-corrected chi connectivity index (χ4v) is 1.73. The molecule has 0 radical (unpaired) electrons. The average Bonchev–Trinajstić information content (AvgIpc) is 2.76. The molecule has 0 N–H and O–H groups in total. The lowest BCUT2D eigenvalue weighted by molar-refractivity contribution is 0.628. The van der Waals surface area contributed by atoms with Gasteiger partial charge in [0.25, 0.3) is 0 Å². The van der Waals surface area contributed by atoms with E-state index in [0.29, 0.717) is 17.0 Å². The molecule has 0 fully saturated rings. The fraction of sp³-hybridized carbons (Fsp3) is 0.0769. The molecular weight excluding hydrogens is 245 g/mol. The highest BCUT2D eigenvalue weighted by atomic mass is 19.1. The minimum Gasteiger partial charge on any atom is -0.247 e. The van der Waals surface area contributed by atoms with Gasteiger partial charge in [0, 0.05) is 25.7 Å². The number of nitrogens with zero attached hydrogens (tertiary/aromatic N) is 5. The summed E-state index contributed by atoms with van der Waals surface area (Å²) in [6, 6.07) is 6.07. The zero-order valence-corrected chi connectivity index (χ0v) is 10.2. The van der Waals surface area contributed by atoms with Gasteiger partial charge in [-0.05, 0) is 17.7 Å². The van der Waals surface area contributed by atoms with Crippen molar-refractivity contribution in [2.45, 2.75) is 0 Å². The Kier molecular flexibility index (Phi) is 2.75. The van der Waals surface area contributed by atoms with Crippen LogP contribution in [0.2, 0.25) is 0 Å². The van der Waals surface area contributed by atoms with Gasteiger partial charge in [0.05, 0.1) is 0 Å². The number of hydrogen-bond acceptors (Lipinski definition) is 4. The molecular formula is C13H10FN5. The molecule has 0 atom stereocenters. The van der Waals surface area contributed by atoms with Crippen molar-refractivity contribution in [2.24, 2.45) is 12.0 Å². The van der Waals surface area contributed by atoms with Crippen LogP contribution < -0.4 is 0 Å². The quantitative estimate of drug-likeness (QED) is 0.660. The lowest BCUT2D eigenvalue weighted by Gasteiger charge is -1.91. The number of benzene rings is 1.